The summed E-state index contributed by atoms with van der Waals surface area (Å²) in [5, 5.41) is 3.52. The molecule has 6 heteroatoms. The van der Waals surface area contributed by atoms with Crippen molar-refractivity contribution in [3.05, 3.63) is 59.7 Å². The maximum absolute atomic E-state index is 12.6. The molecule has 1 heterocycles. The molecule has 0 aromatic heterocycles. The Bertz CT molecular complexity index is 820. The van der Waals surface area contributed by atoms with Crippen LogP contribution in [0.3, 0.4) is 0 Å². The number of benzene rings is 2. The number of hydrogen-bond donors (Lipinski definition) is 2. The van der Waals surface area contributed by atoms with Crippen molar-refractivity contribution < 1.29 is 9.53 Å². The lowest BCUT2D eigenvalue weighted by Crippen LogP contribution is -2.29. The molecule has 1 atom stereocenters. The number of amidine groups is 1. The number of nitrogens with zero attached hydrogens (tertiary/aromatic N) is 1. The minimum atomic E-state index is -0.384. The predicted octanol–water partition coefficient (Wildman–Crippen LogP) is 4.00. The molecule has 0 aliphatic carbocycles. The number of nitrogens with one attached hydrogen (secondary N) is 1. The second-order valence-electron chi connectivity index (χ2n) is 6.31. The summed E-state index contributed by atoms with van der Waals surface area (Å²) in [6, 6.07) is 14.9. The maximum atomic E-state index is 12.6. The summed E-state index contributed by atoms with van der Waals surface area (Å²) in [4.78, 5) is 17.2. The SMILES string of the molecule is CCOc1ccc(NC(=O)c2cccc(C3(C)CCSC(N)=N3)c2)cc1. The topological polar surface area (TPSA) is 76.7 Å². The smallest absolute Gasteiger partial charge is 0.255 e. The zero-order valence-electron chi connectivity index (χ0n) is 15.0. The second-order valence-corrected chi connectivity index (χ2v) is 7.43. The lowest BCUT2D eigenvalue weighted by Gasteiger charge is -2.30. The number of hydrogen-bond acceptors (Lipinski definition) is 5. The molecule has 0 bridgehead atoms. The van der Waals surface area contributed by atoms with Gasteiger partial charge in [-0.25, -0.2) is 0 Å². The van der Waals surface area contributed by atoms with E-state index in [4.69, 9.17) is 10.5 Å². The molecule has 3 N–H and O–H groups in total. The van der Waals surface area contributed by atoms with Gasteiger partial charge in [-0.1, -0.05) is 23.9 Å². The molecule has 0 spiro atoms. The summed E-state index contributed by atoms with van der Waals surface area (Å²) in [6.07, 6.45) is 0.891. The van der Waals surface area contributed by atoms with Crippen LogP contribution >= 0.6 is 11.8 Å². The van der Waals surface area contributed by atoms with Crippen molar-refractivity contribution in [2.45, 2.75) is 25.8 Å². The summed E-state index contributed by atoms with van der Waals surface area (Å²) in [7, 11) is 0. The molecule has 0 saturated carbocycles. The van der Waals surface area contributed by atoms with E-state index in [2.05, 4.69) is 17.2 Å². The van der Waals surface area contributed by atoms with Gasteiger partial charge in [0.15, 0.2) is 5.17 Å². The van der Waals surface area contributed by atoms with Crippen molar-refractivity contribution in [3.8, 4) is 5.75 Å². The van der Waals surface area contributed by atoms with Crippen LogP contribution in [0.1, 0.15) is 36.2 Å². The molecule has 0 saturated heterocycles. The average Bonchev–Trinajstić information content (AvgIpc) is 2.63. The fourth-order valence-corrected chi connectivity index (χ4v) is 3.87. The molecule has 5 nitrogen and oxygen atoms in total. The Morgan fingerprint density at radius 2 is 2.08 bits per heavy atom. The van der Waals surface area contributed by atoms with Crippen LogP contribution in [-0.2, 0) is 5.54 Å². The van der Waals surface area contributed by atoms with Crippen molar-refractivity contribution in [2.75, 3.05) is 17.7 Å². The molecule has 26 heavy (non-hydrogen) atoms. The van der Waals surface area contributed by atoms with Crippen LogP contribution in [0, 0.1) is 0 Å². The Labute approximate surface area is 158 Å². The first kappa shape index (κ1) is 18.3. The zero-order chi connectivity index (χ0) is 18.6. The Morgan fingerprint density at radius 3 is 2.77 bits per heavy atom. The normalized spacial score (nSPS) is 19.5. The molecule has 1 aliphatic rings. The van der Waals surface area contributed by atoms with Gasteiger partial charge in [0.05, 0.1) is 12.1 Å². The van der Waals surface area contributed by atoms with E-state index < -0.39 is 0 Å². The van der Waals surface area contributed by atoms with Crippen LogP contribution in [0.5, 0.6) is 5.75 Å². The van der Waals surface area contributed by atoms with Crippen LogP contribution in [-0.4, -0.2) is 23.4 Å². The summed E-state index contributed by atoms with van der Waals surface area (Å²) < 4.78 is 5.42. The third-order valence-electron chi connectivity index (χ3n) is 4.37. The van der Waals surface area contributed by atoms with Crippen molar-refractivity contribution in [1.82, 2.24) is 0 Å². The number of nitrogens with two attached hydrogens (primary N) is 1. The molecule has 136 valence electrons. The number of rotatable bonds is 5. The Hall–Kier alpha value is -2.47. The highest BCUT2D eigenvalue weighted by Crippen LogP contribution is 2.35. The van der Waals surface area contributed by atoms with E-state index in [1.807, 2.05) is 49.4 Å². The van der Waals surface area contributed by atoms with Gasteiger partial charge in [-0.2, -0.15) is 0 Å². The Kier molecular flexibility index (Phi) is 5.52. The average molecular weight is 369 g/mol. The largest absolute Gasteiger partial charge is 0.494 e. The van der Waals surface area contributed by atoms with E-state index in [9.17, 15) is 4.79 Å². The van der Waals surface area contributed by atoms with E-state index in [0.717, 1.165) is 29.2 Å². The third-order valence-corrected chi connectivity index (χ3v) is 5.16. The van der Waals surface area contributed by atoms with Gasteiger partial charge in [0.25, 0.3) is 5.91 Å². The van der Waals surface area contributed by atoms with Gasteiger partial charge >= 0.3 is 0 Å². The van der Waals surface area contributed by atoms with Gasteiger partial charge in [-0.05, 0) is 62.2 Å². The summed E-state index contributed by atoms with van der Waals surface area (Å²) in [5.74, 6) is 1.56. The van der Waals surface area contributed by atoms with Gasteiger partial charge in [-0.3, -0.25) is 9.79 Å². The predicted molar refractivity (Wildman–Crippen MR) is 108 cm³/mol. The van der Waals surface area contributed by atoms with Crippen molar-refractivity contribution in [2.24, 2.45) is 10.7 Å². The lowest BCUT2D eigenvalue weighted by atomic mass is 9.88. The Morgan fingerprint density at radius 1 is 1.31 bits per heavy atom. The van der Waals surface area contributed by atoms with Gasteiger partial charge in [0, 0.05) is 17.0 Å². The highest BCUT2D eigenvalue weighted by atomic mass is 32.2. The van der Waals surface area contributed by atoms with E-state index in [0.29, 0.717) is 17.3 Å². The molecule has 0 fully saturated rings. The number of carbonyl (C=O) groups excluding carboxylic acids is 1. The number of anilines is 1. The number of ether oxygens (including phenoxy) is 1. The van der Waals surface area contributed by atoms with Crippen LogP contribution in [0.2, 0.25) is 0 Å². The minimum absolute atomic E-state index is 0.151. The molecule has 3 rings (SSSR count). The highest BCUT2D eigenvalue weighted by Gasteiger charge is 2.29. The molecule has 2 aromatic rings. The van der Waals surface area contributed by atoms with Gasteiger partial charge in [0.1, 0.15) is 5.75 Å². The quantitative estimate of drug-likeness (QED) is 0.835. The van der Waals surface area contributed by atoms with E-state index in [1.54, 1.807) is 17.8 Å². The number of carbonyl (C=O) groups is 1. The molecule has 1 unspecified atom stereocenters. The van der Waals surface area contributed by atoms with Crippen LogP contribution in [0.4, 0.5) is 5.69 Å². The maximum Gasteiger partial charge on any atom is 0.255 e. The van der Waals surface area contributed by atoms with E-state index in [-0.39, 0.29) is 11.4 Å². The first-order valence-corrected chi connectivity index (χ1v) is 9.61. The summed E-state index contributed by atoms with van der Waals surface area (Å²) >= 11 is 1.57. The standard InChI is InChI=1S/C20H23N3O2S/c1-3-25-17-9-7-16(8-10-17)22-18(24)14-5-4-6-15(13-14)20(2)11-12-26-19(21)23-20/h4-10,13H,3,11-12H2,1-2H3,(H2,21,23)(H,22,24). The van der Waals surface area contributed by atoms with Gasteiger partial charge in [-0.15, -0.1) is 0 Å². The lowest BCUT2D eigenvalue weighted by molar-refractivity contribution is 0.102. The number of thioether (sulfide) groups is 1. The molecule has 1 amide bonds. The van der Waals surface area contributed by atoms with Gasteiger partial charge < -0.3 is 15.8 Å². The Balaban J connectivity index is 1.77. The van der Waals surface area contributed by atoms with Crippen molar-refractivity contribution in [3.63, 3.8) is 0 Å². The zero-order valence-corrected chi connectivity index (χ0v) is 15.8. The monoisotopic (exact) mass is 369 g/mol. The fraction of sp³-hybridized carbons (Fsp3) is 0.300. The second kappa shape index (κ2) is 7.83. The molecular formula is C20H23N3O2S. The first-order chi connectivity index (χ1) is 12.5. The van der Waals surface area contributed by atoms with Crippen LogP contribution < -0.4 is 15.8 Å². The third kappa shape index (κ3) is 4.19. The van der Waals surface area contributed by atoms with E-state index in [1.165, 1.54) is 0 Å². The minimum Gasteiger partial charge on any atom is -0.494 e. The number of aliphatic imine (C=N–C) groups is 1. The number of amides is 1. The molecule has 0 radical (unpaired) electrons. The molecule has 1 aliphatic heterocycles. The van der Waals surface area contributed by atoms with Crippen molar-refractivity contribution >= 4 is 28.5 Å². The van der Waals surface area contributed by atoms with E-state index >= 15 is 0 Å². The highest BCUT2D eigenvalue weighted by molar-refractivity contribution is 8.13. The molecular weight excluding hydrogens is 346 g/mol. The summed E-state index contributed by atoms with van der Waals surface area (Å²) in [6.45, 7) is 4.61. The van der Waals surface area contributed by atoms with Crippen LogP contribution in [0.25, 0.3) is 0 Å². The van der Waals surface area contributed by atoms with Gasteiger partial charge in [0.2, 0.25) is 0 Å². The van der Waals surface area contributed by atoms with Crippen molar-refractivity contribution in [1.29, 1.82) is 0 Å². The summed E-state index contributed by atoms with van der Waals surface area (Å²) in [5.41, 5.74) is 7.85. The fourth-order valence-electron chi connectivity index (χ4n) is 2.89. The molecule has 2 aromatic carbocycles. The van der Waals surface area contributed by atoms with Crippen LogP contribution in [0.15, 0.2) is 53.5 Å². The first-order valence-electron chi connectivity index (χ1n) is 8.63.